The molecule has 3 rings (SSSR count). The minimum absolute atomic E-state index is 0.0154. The predicted molar refractivity (Wildman–Crippen MR) is 163 cm³/mol. The number of hydrogen-bond acceptors (Lipinski definition) is 12. The molecule has 1 heterocycles. The summed E-state index contributed by atoms with van der Waals surface area (Å²) in [5, 5.41) is 7.51. The molecule has 0 spiro atoms. The third kappa shape index (κ3) is 10.9. The molecule has 0 aliphatic heterocycles. The van der Waals surface area contributed by atoms with E-state index < -0.39 is 17.9 Å². The van der Waals surface area contributed by atoms with Crippen LogP contribution in [0, 0.1) is 6.92 Å². The fourth-order valence-electron chi connectivity index (χ4n) is 3.66. The Balaban J connectivity index is 0.00000330. The largest absolute Gasteiger partial charge is 0.535 e. The number of aryl methyl sites for hydroxylation is 1. The average Bonchev–Trinajstić information content (AvgIpc) is 3.01. The zero-order valence-corrected chi connectivity index (χ0v) is 25.4. The monoisotopic (exact) mass is 614 g/mol. The summed E-state index contributed by atoms with van der Waals surface area (Å²) in [4.78, 5) is 44.7. The number of amidine groups is 2. The van der Waals surface area contributed by atoms with Gasteiger partial charge in [-0.3, -0.25) is 9.68 Å². The summed E-state index contributed by atoms with van der Waals surface area (Å²) in [5.74, 6) is 0.360. The Bertz CT molecular complexity index is 1500. The average molecular weight is 615 g/mol. The topological polar surface area (TPSA) is 196 Å². The van der Waals surface area contributed by atoms with E-state index in [-0.39, 0.29) is 55.9 Å². The molecule has 238 valence electrons. The van der Waals surface area contributed by atoms with Crippen molar-refractivity contribution in [3.05, 3.63) is 69.6 Å². The lowest BCUT2D eigenvalue weighted by molar-refractivity contribution is 0.0599. The van der Waals surface area contributed by atoms with Gasteiger partial charge in [0.1, 0.15) is 29.5 Å². The van der Waals surface area contributed by atoms with E-state index in [1.807, 2.05) is 44.2 Å². The van der Waals surface area contributed by atoms with Gasteiger partial charge >= 0.3 is 17.9 Å². The van der Waals surface area contributed by atoms with Gasteiger partial charge in [-0.1, -0.05) is 54.5 Å². The molecule has 0 fully saturated rings. The molecule has 14 heteroatoms. The van der Waals surface area contributed by atoms with E-state index in [2.05, 4.69) is 29.5 Å². The molecule has 14 nitrogen and oxygen atoms in total. The zero-order valence-electron chi connectivity index (χ0n) is 25.4. The highest BCUT2D eigenvalue weighted by molar-refractivity contribution is 5.89. The number of hydrogen-bond donors (Lipinski definition) is 2. The second-order valence-corrected chi connectivity index (χ2v) is 8.55. The maximum Gasteiger partial charge on any atom is 0.535 e. The number of ether oxygens (including phenoxy) is 4. The lowest BCUT2D eigenvalue weighted by Gasteiger charge is -2.15. The van der Waals surface area contributed by atoms with Gasteiger partial charge in [-0.15, -0.1) is 0 Å². The fraction of sp³-hybridized carbons (Fsp3) is 0.367. The summed E-state index contributed by atoms with van der Waals surface area (Å²) in [7, 11) is 0. The van der Waals surface area contributed by atoms with Gasteiger partial charge < -0.3 is 34.8 Å². The van der Waals surface area contributed by atoms with Gasteiger partial charge in [0, 0.05) is 30.5 Å². The molecule has 0 unspecified atom stereocenters. The molecular weight excluding hydrogens is 576 g/mol. The summed E-state index contributed by atoms with van der Waals surface area (Å²) in [6, 6.07) is 12.6. The second-order valence-electron chi connectivity index (χ2n) is 8.55. The van der Waals surface area contributed by atoms with Crippen LogP contribution in [-0.4, -0.2) is 50.4 Å². The molecule has 0 radical (unpaired) electrons. The Morgan fingerprint density at radius 2 is 1.50 bits per heavy atom. The highest BCUT2D eigenvalue weighted by atomic mass is 16.8. The first kappa shape index (κ1) is 34.9. The standard InChI is InChI=1S/C28H32N4O10.C2H6/c1-4-36-27(34)41-31-23(29)11-12-38-21-14-19(39-16-24(30)32-42-28(35)37-5-2)15-22-25(21)17(3)20(26(33)40-22)13-18-9-7-6-8-10-18;1-2/h6-10,14-15H,4-5,11-13,16H2,1-3H3,(H2,29,31)(H2,30,32);1-2H3. The van der Waals surface area contributed by atoms with Crippen LogP contribution >= 0.6 is 0 Å². The van der Waals surface area contributed by atoms with E-state index in [1.165, 1.54) is 6.07 Å². The number of nitrogens with zero attached hydrogens (tertiary/aromatic N) is 2. The van der Waals surface area contributed by atoms with Crippen molar-refractivity contribution < 1.29 is 42.6 Å². The molecule has 0 saturated heterocycles. The third-order valence-corrected chi connectivity index (χ3v) is 5.54. The minimum atomic E-state index is -1.01. The number of carbonyl (C=O) groups excluding carboxylic acids is 2. The van der Waals surface area contributed by atoms with Crippen LogP contribution in [0.3, 0.4) is 0 Å². The molecule has 0 atom stereocenters. The fourth-order valence-corrected chi connectivity index (χ4v) is 3.66. The number of rotatable bonds is 13. The number of benzene rings is 2. The molecule has 0 aliphatic carbocycles. The molecule has 0 saturated carbocycles. The van der Waals surface area contributed by atoms with E-state index >= 15 is 0 Å². The van der Waals surface area contributed by atoms with E-state index in [1.54, 1.807) is 26.8 Å². The van der Waals surface area contributed by atoms with E-state index in [9.17, 15) is 14.4 Å². The quantitative estimate of drug-likeness (QED) is 0.0670. The van der Waals surface area contributed by atoms with Gasteiger partial charge in [0.05, 0.1) is 25.2 Å². The summed E-state index contributed by atoms with van der Waals surface area (Å²) in [6.45, 7) is 9.01. The Morgan fingerprint density at radius 3 is 2.11 bits per heavy atom. The van der Waals surface area contributed by atoms with Gasteiger partial charge in [0.25, 0.3) is 0 Å². The number of fused-ring (bicyclic) bond motifs is 1. The molecule has 0 amide bonds. The highest BCUT2D eigenvalue weighted by Gasteiger charge is 2.18. The van der Waals surface area contributed by atoms with Crippen molar-refractivity contribution in [2.45, 2.75) is 47.5 Å². The van der Waals surface area contributed by atoms with Gasteiger partial charge in [0.15, 0.2) is 5.84 Å². The van der Waals surface area contributed by atoms with Crippen LogP contribution in [0.4, 0.5) is 9.59 Å². The molecule has 2 aromatic carbocycles. The van der Waals surface area contributed by atoms with Crippen LogP contribution in [0.2, 0.25) is 0 Å². The number of oxime groups is 2. The Hall–Kier alpha value is -5.27. The van der Waals surface area contributed by atoms with Crippen molar-refractivity contribution >= 4 is 35.0 Å². The maximum atomic E-state index is 13.0. The van der Waals surface area contributed by atoms with Crippen LogP contribution < -0.4 is 26.6 Å². The summed E-state index contributed by atoms with van der Waals surface area (Å²) in [5.41, 5.74) is 13.3. The molecule has 44 heavy (non-hydrogen) atoms. The summed E-state index contributed by atoms with van der Waals surface area (Å²) >= 11 is 0. The Morgan fingerprint density at radius 1 is 0.886 bits per heavy atom. The van der Waals surface area contributed by atoms with Gasteiger partial charge in [-0.25, -0.2) is 14.4 Å². The molecule has 1 aromatic heterocycles. The van der Waals surface area contributed by atoms with Crippen molar-refractivity contribution in [1.82, 2.24) is 0 Å². The smallest absolute Gasteiger partial charge is 0.492 e. The second kappa shape index (κ2) is 18.3. The summed E-state index contributed by atoms with van der Waals surface area (Å²) in [6.07, 6.45) is -1.56. The molecule has 4 N–H and O–H groups in total. The lowest BCUT2D eigenvalue weighted by Crippen LogP contribution is -2.22. The first-order valence-electron chi connectivity index (χ1n) is 13.9. The SMILES string of the molecule is CC.CCOC(=O)O/N=C(\N)CCOc1cc(OC/C(N)=N/OC(=O)OCC)cc2oc(=O)c(Cc3ccccc3)c(C)c12. The van der Waals surface area contributed by atoms with Crippen LogP contribution in [0.25, 0.3) is 11.0 Å². The van der Waals surface area contributed by atoms with Crippen molar-refractivity contribution in [1.29, 1.82) is 0 Å². The molecule has 0 bridgehead atoms. The lowest BCUT2D eigenvalue weighted by atomic mass is 9.99. The van der Waals surface area contributed by atoms with Crippen LogP contribution in [-0.2, 0) is 25.6 Å². The van der Waals surface area contributed by atoms with Crippen molar-refractivity contribution in [3.63, 3.8) is 0 Å². The van der Waals surface area contributed by atoms with Gasteiger partial charge in [0.2, 0.25) is 0 Å². The van der Waals surface area contributed by atoms with Crippen LogP contribution in [0.5, 0.6) is 11.5 Å². The Kier molecular flexibility index (Phi) is 14.5. The van der Waals surface area contributed by atoms with Crippen molar-refractivity contribution in [3.8, 4) is 11.5 Å². The number of carbonyl (C=O) groups is 2. The maximum absolute atomic E-state index is 13.0. The van der Waals surface area contributed by atoms with Crippen molar-refractivity contribution in [2.75, 3.05) is 26.4 Å². The highest BCUT2D eigenvalue weighted by Crippen LogP contribution is 2.34. The van der Waals surface area contributed by atoms with Crippen LogP contribution in [0.15, 0.2) is 62.0 Å². The van der Waals surface area contributed by atoms with Crippen LogP contribution in [0.1, 0.15) is 50.8 Å². The zero-order chi connectivity index (χ0) is 32.5. The first-order valence-corrected chi connectivity index (χ1v) is 13.9. The molecular formula is C30H38N4O10. The van der Waals surface area contributed by atoms with E-state index in [0.717, 1.165) is 5.56 Å². The molecule has 0 aliphatic rings. The normalized spacial score (nSPS) is 11.2. The number of nitrogens with two attached hydrogens (primary N) is 2. The van der Waals surface area contributed by atoms with Gasteiger partial charge in [-0.2, -0.15) is 0 Å². The molecule has 3 aromatic rings. The predicted octanol–water partition coefficient (Wildman–Crippen LogP) is 4.76. The van der Waals surface area contributed by atoms with E-state index in [0.29, 0.717) is 28.7 Å². The Labute approximate surface area is 254 Å². The van der Waals surface area contributed by atoms with E-state index in [4.69, 9.17) is 25.4 Å². The summed E-state index contributed by atoms with van der Waals surface area (Å²) < 4.78 is 26.6. The minimum Gasteiger partial charge on any atom is -0.492 e. The first-order chi connectivity index (χ1) is 21.2. The van der Waals surface area contributed by atoms with Gasteiger partial charge in [-0.05, 0) is 31.9 Å². The third-order valence-electron chi connectivity index (χ3n) is 5.54. The van der Waals surface area contributed by atoms with Crippen molar-refractivity contribution in [2.24, 2.45) is 21.8 Å².